The van der Waals surface area contributed by atoms with Crippen LogP contribution in [0, 0.1) is 5.92 Å². The van der Waals surface area contributed by atoms with Crippen LogP contribution in [0.2, 0.25) is 0 Å². The molecular formula is C21H38O3. The van der Waals surface area contributed by atoms with Gasteiger partial charge < -0.3 is 10.2 Å². The fourth-order valence-electron chi connectivity index (χ4n) is 2.68. The molecule has 1 atom stereocenters. The predicted octanol–water partition coefficient (Wildman–Crippen LogP) is 5.88. The van der Waals surface area contributed by atoms with Gasteiger partial charge in [-0.05, 0) is 50.9 Å². The van der Waals surface area contributed by atoms with E-state index in [0.29, 0.717) is 18.9 Å². The minimum Gasteiger partial charge on any atom is -0.481 e. The third kappa shape index (κ3) is 19.0. The zero-order valence-electron chi connectivity index (χ0n) is 15.6. The van der Waals surface area contributed by atoms with Crippen molar-refractivity contribution in [3.8, 4) is 0 Å². The van der Waals surface area contributed by atoms with E-state index in [1.165, 1.54) is 32.1 Å². The van der Waals surface area contributed by atoms with Crippen LogP contribution in [0.15, 0.2) is 24.3 Å². The number of hydrogen-bond acceptors (Lipinski definition) is 2. The van der Waals surface area contributed by atoms with Crippen molar-refractivity contribution in [1.29, 1.82) is 0 Å². The van der Waals surface area contributed by atoms with E-state index in [-0.39, 0.29) is 0 Å². The van der Waals surface area contributed by atoms with Gasteiger partial charge in [-0.2, -0.15) is 0 Å². The second-order valence-corrected chi connectivity index (χ2v) is 6.78. The van der Waals surface area contributed by atoms with E-state index in [9.17, 15) is 4.79 Å². The van der Waals surface area contributed by atoms with Crippen molar-refractivity contribution in [3.63, 3.8) is 0 Å². The Morgan fingerprint density at radius 2 is 1.42 bits per heavy atom. The Morgan fingerprint density at radius 1 is 0.833 bits per heavy atom. The number of rotatable bonds is 17. The maximum Gasteiger partial charge on any atom is 0.303 e. The lowest BCUT2D eigenvalue weighted by Crippen LogP contribution is -2.01. The molecule has 0 rings (SSSR count). The highest BCUT2D eigenvalue weighted by Crippen LogP contribution is 2.15. The Hall–Kier alpha value is -1.09. The lowest BCUT2D eigenvalue weighted by molar-refractivity contribution is -0.137. The summed E-state index contributed by atoms with van der Waals surface area (Å²) in [4.78, 5) is 10.5. The summed E-state index contributed by atoms with van der Waals surface area (Å²) in [5, 5.41) is 17.3. The maximum atomic E-state index is 10.5. The molecule has 0 saturated carbocycles. The summed E-state index contributed by atoms with van der Waals surface area (Å²) in [6, 6.07) is 0. The van der Waals surface area contributed by atoms with Crippen molar-refractivity contribution >= 4 is 5.97 Å². The van der Waals surface area contributed by atoms with Gasteiger partial charge in [0.1, 0.15) is 0 Å². The standard InChI is InChI=1S/C21H38O3/c1-20(17-18-21(23)24)16-14-12-10-8-6-4-2-3-5-7-9-11-13-15-19-22/h3-6,20,22H,2,7-19H2,1H3,(H,23,24). The lowest BCUT2D eigenvalue weighted by Gasteiger charge is -2.08. The lowest BCUT2D eigenvalue weighted by atomic mass is 9.98. The normalized spacial score (nSPS) is 13.1. The molecule has 0 aromatic carbocycles. The van der Waals surface area contributed by atoms with Crippen LogP contribution in [0.5, 0.6) is 0 Å². The summed E-state index contributed by atoms with van der Waals surface area (Å²) in [7, 11) is 0. The first kappa shape index (κ1) is 22.9. The van der Waals surface area contributed by atoms with E-state index < -0.39 is 5.97 Å². The molecule has 0 heterocycles. The molecule has 0 aromatic rings. The minimum atomic E-state index is -0.678. The summed E-state index contributed by atoms with van der Waals surface area (Å²) >= 11 is 0. The average molecular weight is 339 g/mol. The predicted molar refractivity (Wildman–Crippen MR) is 102 cm³/mol. The molecule has 0 saturated heterocycles. The molecular weight excluding hydrogens is 300 g/mol. The molecule has 0 aliphatic rings. The zero-order chi connectivity index (χ0) is 17.9. The molecule has 0 fully saturated rings. The summed E-state index contributed by atoms with van der Waals surface area (Å²) in [5.41, 5.74) is 0. The monoisotopic (exact) mass is 338 g/mol. The van der Waals surface area contributed by atoms with E-state index >= 15 is 0 Å². The number of aliphatic hydroxyl groups excluding tert-OH is 1. The van der Waals surface area contributed by atoms with Crippen molar-refractivity contribution < 1.29 is 15.0 Å². The highest BCUT2D eigenvalue weighted by Gasteiger charge is 2.04. The third-order valence-corrected chi connectivity index (χ3v) is 4.30. The topological polar surface area (TPSA) is 57.5 Å². The molecule has 0 radical (unpaired) electrons. The summed E-state index contributed by atoms with van der Waals surface area (Å²) in [6.07, 6.45) is 22.8. The van der Waals surface area contributed by atoms with Crippen LogP contribution in [0.25, 0.3) is 0 Å². The van der Waals surface area contributed by atoms with E-state index in [1.807, 2.05) is 0 Å². The van der Waals surface area contributed by atoms with Crippen LogP contribution in [-0.2, 0) is 4.79 Å². The smallest absolute Gasteiger partial charge is 0.303 e. The Morgan fingerprint density at radius 3 is 2.00 bits per heavy atom. The number of carboxylic acids is 1. The van der Waals surface area contributed by atoms with Crippen molar-refractivity contribution in [3.05, 3.63) is 24.3 Å². The van der Waals surface area contributed by atoms with Gasteiger partial charge in [0, 0.05) is 13.0 Å². The molecule has 2 N–H and O–H groups in total. The first-order valence-electron chi connectivity index (χ1n) is 9.79. The molecule has 1 unspecified atom stereocenters. The molecule has 0 aliphatic heterocycles. The SMILES string of the molecule is CC(CCCCCC=CCC=CCCCCCCO)CCC(=O)O. The number of aliphatic hydroxyl groups is 1. The number of carboxylic acid groups (broad SMARTS) is 1. The molecule has 0 aromatic heterocycles. The van der Waals surface area contributed by atoms with E-state index in [1.54, 1.807) is 0 Å². The van der Waals surface area contributed by atoms with Crippen LogP contribution < -0.4 is 0 Å². The van der Waals surface area contributed by atoms with Gasteiger partial charge in [0.05, 0.1) is 0 Å². The van der Waals surface area contributed by atoms with Gasteiger partial charge in [-0.25, -0.2) is 0 Å². The van der Waals surface area contributed by atoms with Crippen LogP contribution in [0.3, 0.4) is 0 Å². The molecule has 0 aliphatic carbocycles. The summed E-state index contributed by atoms with van der Waals surface area (Å²) < 4.78 is 0. The molecule has 0 spiro atoms. The Kier molecular flexibility index (Phi) is 17.4. The number of allylic oxidation sites excluding steroid dienone is 4. The van der Waals surface area contributed by atoms with Gasteiger partial charge in [-0.15, -0.1) is 0 Å². The fourth-order valence-corrected chi connectivity index (χ4v) is 2.68. The Balaban J connectivity index is 3.30. The highest BCUT2D eigenvalue weighted by atomic mass is 16.4. The average Bonchev–Trinajstić information content (AvgIpc) is 2.56. The van der Waals surface area contributed by atoms with Gasteiger partial charge >= 0.3 is 5.97 Å². The van der Waals surface area contributed by atoms with E-state index in [0.717, 1.165) is 44.9 Å². The largest absolute Gasteiger partial charge is 0.481 e. The van der Waals surface area contributed by atoms with Crippen molar-refractivity contribution in [2.75, 3.05) is 6.61 Å². The molecule has 140 valence electrons. The number of hydrogen-bond donors (Lipinski definition) is 2. The van der Waals surface area contributed by atoms with Crippen LogP contribution in [-0.4, -0.2) is 22.8 Å². The molecule has 0 amide bonds. The van der Waals surface area contributed by atoms with Crippen molar-refractivity contribution in [1.82, 2.24) is 0 Å². The first-order chi connectivity index (χ1) is 11.7. The number of carbonyl (C=O) groups is 1. The van der Waals surface area contributed by atoms with Gasteiger partial charge in [0.15, 0.2) is 0 Å². The number of aliphatic carboxylic acids is 1. The molecule has 3 heteroatoms. The summed E-state index contributed by atoms with van der Waals surface area (Å²) in [5.74, 6) is -0.145. The quantitative estimate of drug-likeness (QED) is 0.257. The highest BCUT2D eigenvalue weighted by molar-refractivity contribution is 5.66. The fraction of sp³-hybridized carbons (Fsp3) is 0.762. The first-order valence-corrected chi connectivity index (χ1v) is 9.79. The van der Waals surface area contributed by atoms with Crippen LogP contribution in [0.1, 0.15) is 90.4 Å². The zero-order valence-corrected chi connectivity index (χ0v) is 15.6. The second kappa shape index (κ2) is 18.3. The van der Waals surface area contributed by atoms with Gasteiger partial charge in [-0.1, -0.05) is 63.3 Å². The molecule has 3 nitrogen and oxygen atoms in total. The minimum absolute atomic E-state index is 0.306. The van der Waals surface area contributed by atoms with E-state index in [4.69, 9.17) is 10.2 Å². The van der Waals surface area contributed by atoms with Gasteiger partial charge in [0.2, 0.25) is 0 Å². The molecule has 24 heavy (non-hydrogen) atoms. The maximum absolute atomic E-state index is 10.5. The van der Waals surface area contributed by atoms with Crippen molar-refractivity contribution in [2.24, 2.45) is 5.92 Å². The van der Waals surface area contributed by atoms with Crippen LogP contribution in [0.4, 0.5) is 0 Å². The second-order valence-electron chi connectivity index (χ2n) is 6.78. The van der Waals surface area contributed by atoms with Gasteiger partial charge in [-0.3, -0.25) is 4.79 Å². The summed E-state index contributed by atoms with van der Waals surface area (Å²) in [6.45, 7) is 2.48. The Bertz CT molecular complexity index is 334. The third-order valence-electron chi connectivity index (χ3n) is 4.30. The van der Waals surface area contributed by atoms with Crippen LogP contribution >= 0.6 is 0 Å². The number of unbranched alkanes of at least 4 members (excludes halogenated alkanes) is 7. The Labute approximate surface area is 148 Å². The van der Waals surface area contributed by atoms with Gasteiger partial charge in [0.25, 0.3) is 0 Å². The van der Waals surface area contributed by atoms with E-state index in [2.05, 4.69) is 31.2 Å². The molecule has 0 bridgehead atoms. The van der Waals surface area contributed by atoms with Crippen molar-refractivity contribution in [2.45, 2.75) is 90.4 Å².